The van der Waals surface area contributed by atoms with Crippen LogP contribution in [0.4, 0.5) is 5.69 Å². The summed E-state index contributed by atoms with van der Waals surface area (Å²) in [6.07, 6.45) is 4.36. The van der Waals surface area contributed by atoms with Gasteiger partial charge in [0.15, 0.2) is 0 Å². The average molecular weight is 270 g/mol. The van der Waals surface area contributed by atoms with Crippen LogP contribution in [-0.4, -0.2) is 23.2 Å². The number of pyridine rings is 1. The van der Waals surface area contributed by atoms with Crippen molar-refractivity contribution in [2.24, 2.45) is 5.41 Å². The number of benzene rings is 1. The van der Waals surface area contributed by atoms with Crippen LogP contribution >= 0.6 is 0 Å². The molecule has 3 nitrogen and oxygen atoms in total. The molecule has 3 rings (SSSR count). The lowest BCUT2D eigenvalue weighted by molar-refractivity contribution is 0.220. The van der Waals surface area contributed by atoms with Gasteiger partial charge in [-0.3, -0.25) is 4.98 Å². The van der Waals surface area contributed by atoms with Crippen LogP contribution in [0, 0.1) is 5.41 Å². The van der Waals surface area contributed by atoms with E-state index >= 15 is 0 Å². The molecule has 0 saturated heterocycles. The SMILES string of the molecule is CCCc1cc(NCC2(CO)CC2)c2ccccc2n1. The van der Waals surface area contributed by atoms with Crippen LogP contribution in [0.3, 0.4) is 0 Å². The Morgan fingerprint density at radius 1 is 1.30 bits per heavy atom. The maximum absolute atomic E-state index is 9.43. The summed E-state index contributed by atoms with van der Waals surface area (Å²) in [4.78, 5) is 4.72. The highest BCUT2D eigenvalue weighted by molar-refractivity contribution is 5.91. The summed E-state index contributed by atoms with van der Waals surface area (Å²) in [7, 11) is 0. The molecule has 106 valence electrons. The smallest absolute Gasteiger partial charge is 0.0726 e. The maximum Gasteiger partial charge on any atom is 0.0726 e. The number of nitrogens with zero attached hydrogens (tertiary/aromatic N) is 1. The standard InChI is InChI=1S/C17H22N2O/c1-2-5-13-10-16(18-11-17(12-20)8-9-17)14-6-3-4-7-15(14)19-13/h3-4,6-7,10,20H,2,5,8-9,11-12H2,1H3,(H,18,19). The van der Waals surface area contributed by atoms with E-state index in [0.29, 0.717) is 0 Å². The van der Waals surface area contributed by atoms with Gasteiger partial charge in [0.1, 0.15) is 0 Å². The third-order valence-corrected chi connectivity index (χ3v) is 4.22. The number of anilines is 1. The Labute approximate surface area is 120 Å². The fraction of sp³-hybridized carbons (Fsp3) is 0.471. The topological polar surface area (TPSA) is 45.1 Å². The summed E-state index contributed by atoms with van der Waals surface area (Å²) in [6, 6.07) is 10.4. The lowest BCUT2D eigenvalue weighted by Crippen LogP contribution is -2.19. The predicted molar refractivity (Wildman–Crippen MR) is 83.0 cm³/mol. The number of aliphatic hydroxyl groups is 1. The Bertz CT molecular complexity index is 605. The third kappa shape index (κ3) is 2.63. The van der Waals surface area contributed by atoms with E-state index in [4.69, 9.17) is 4.98 Å². The fourth-order valence-corrected chi connectivity index (χ4v) is 2.61. The van der Waals surface area contributed by atoms with Crippen molar-refractivity contribution in [2.45, 2.75) is 32.6 Å². The summed E-state index contributed by atoms with van der Waals surface area (Å²) in [6.45, 7) is 3.31. The van der Waals surface area contributed by atoms with Crippen LogP contribution < -0.4 is 5.32 Å². The van der Waals surface area contributed by atoms with Gasteiger partial charge in [0, 0.05) is 28.7 Å². The number of hydrogen-bond acceptors (Lipinski definition) is 3. The van der Waals surface area contributed by atoms with Crippen molar-refractivity contribution in [3.05, 3.63) is 36.0 Å². The third-order valence-electron chi connectivity index (χ3n) is 4.22. The van der Waals surface area contributed by atoms with E-state index in [0.717, 1.165) is 49.1 Å². The van der Waals surface area contributed by atoms with Crippen LogP contribution in [0.1, 0.15) is 31.9 Å². The number of aliphatic hydroxyl groups excluding tert-OH is 1. The second-order valence-electron chi connectivity index (χ2n) is 5.94. The monoisotopic (exact) mass is 270 g/mol. The molecule has 1 fully saturated rings. The van der Waals surface area contributed by atoms with Gasteiger partial charge in [-0.1, -0.05) is 31.5 Å². The van der Waals surface area contributed by atoms with Gasteiger partial charge in [-0.2, -0.15) is 0 Å². The van der Waals surface area contributed by atoms with Gasteiger partial charge in [-0.25, -0.2) is 0 Å². The molecule has 1 aliphatic rings. The average Bonchev–Trinajstić information content (AvgIpc) is 3.26. The van der Waals surface area contributed by atoms with Gasteiger partial charge >= 0.3 is 0 Å². The number of rotatable bonds is 6. The number of hydrogen-bond donors (Lipinski definition) is 2. The molecular weight excluding hydrogens is 248 g/mol. The minimum absolute atomic E-state index is 0.120. The summed E-state index contributed by atoms with van der Waals surface area (Å²) < 4.78 is 0. The first-order chi connectivity index (χ1) is 9.76. The summed E-state index contributed by atoms with van der Waals surface area (Å²) in [5.74, 6) is 0. The molecule has 0 atom stereocenters. The number of fused-ring (bicyclic) bond motifs is 1. The van der Waals surface area contributed by atoms with Gasteiger partial charge in [0.25, 0.3) is 0 Å². The molecule has 0 amide bonds. The molecule has 2 N–H and O–H groups in total. The van der Waals surface area contributed by atoms with Crippen LogP contribution in [0.2, 0.25) is 0 Å². The molecule has 0 aliphatic heterocycles. The molecule has 3 heteroatoms. The number of para-hydroxylation sites is 1. The van der Waals surface area contributed by atoms with Crippen LogP contribution in [0.15, 0.2) is 30.3 Å². The van der Waals surface area contributed by atoms with Crippen molar-refractivity contribution < 1.29 is 5.11 Å². The highest BCUT2D eigenvalue weighted by Crippen LogP contribution is 2.45. The zero-order valence-corrected chi connectivity index (χ0v) is 12.0. The fourth-order valence-electron chi connectivity index (χ4n) is 2.61. The van der Waals surface area contributed by atoms with Crippen molar-refractivity contribution in [3.63, 3.8) is 0 Å². The Morgan fingerprint density at radius 2 is 2.10 bits per heavy atom. The molecule has 0 bridgehead atoms. The van der Waals surface area contributed by atoms with Crippen LogP contribution in [0.5, 0.6) is 0 Å². The number of nitrogens with one attached hydrogen (secondary N) is 1. The summed E-state index contributed by atoms with van der Waals surface area (Å²) >= 11 is 0. The quantitative estimate of drug-likeness (QED) is 0.846. The largest absolute Gasteiger partial charge is 0.396 e. The van der Waals surface area contributed by atoms with Crippen molar-refractivity contribution in [3.8, 4) is 0 Å². The minimum atomic E-state index is 0.120. The van der Waals surface area contributed by atoms with Gasteiger partial charge in [0.05, 0.1) is 12.1 Å². The van der Waals surface area contributed by atoms with E-state index in [-0.39, 0.29) is 12.0 Å². The summed E-state index contributed by atoms with van der Waals surface area (Å²) in [5, 5.41) is 14.1. The Kier molecular flexibility index (Phi) is 3.62. The highest BCUT2D eigenvalue weighted by atomic mass is 16.3. The van der Waals surface area contributed by atoms with Crippen molar-refractivity contribution in [1.29, 1.82) is 0 Å². The summed E-state index contributed by atoms with van der Waals surface area (Å²) in [5.41, 5.74) is 3.46. The van der Waals surface area contributed by atoms with E-state index in [9.17, 15) is 5.11 Å². The first kappa shape index (κ1) is 13.4. The van der Waals surface area contributed by atoms with Gasteiger partial charge in [-0.05, 0) is 31.4 Å². The molecule has 2 aromatic rings. The highest BCUT2D eigenvalue weighted by Gasteiger charge is 2.41. The Balaban J connectivity index is 1.90. The second kappa shape index (κ2) is 5.41. The molecule has 0 radical (unpaired) electrons. The normalized spacial score (nSPS) is 16.3. The maximum atomic E-state index is 9.43. The van der Waals surface area contributed by atoms with E-state index < -0.39 is 0 Å². The molecule has 20 heavy (non-hydrogen) atoms. The van der Waals surface area contributed by atoms with E-state index in [1.807, 2.05) is 12.1 Å². The molecule has 1 saturated carbocycles. The van der Waals surface area contributed by atoms with Gasteiger partial charge < -0.3 is 10.4 Å². The molecule has 0 spiro atoms. The molecular formula is C17H22N2O. The Morgan fingerprint density at radius 3 is 2.80 bits per heavy atom. The van der Waals surface area contributed by atoms with Crippen LogP contribution in [0.25, 0.3) is 10.9 Å². The second-order valence-corrected chi connectivity index (χ2v) is 5.94. The predicted octanol–water partition coefficient (Wildman–Crippen LogP) is 3.37. The van der Waals surface area contributed by atoms with Crippen molar-refractivity contribution >= 4 is 16.6 Å². The zero-order chi connectivity index (χ0) is 14.0. The van der Waals surface area contributed by atoms with E-state index in [2.05, 4.69) is 30.4 Å². The minimum Gasteiger partial charge on any atom is -0.396 e. The number of aromatic nitrogens is 1. The lowest BCUT2D eigenvalue weighted by atomic mass is 10.1. The van der Waals surface area contributed by atoms with E-state index in [1.165, 1.54) is 5.39 Å². The van der Waals surface area contributed by atoms with Crippen LogP contribution in [-0.2, 0) is 6.42 Å². The molecule has 0 unspecified atom stereocenters. The zero-order valence-electron chi connectivity index (χ0n) is 12.0. The van der Waals surface area contributed by atoms with Crippen molar-refractivity contribution in [2.75, 3.05) is 18.5 Å². The molecule has 1 aromatic carbocycles. The number of aryl methyl sites for hydroxylation is 1. The van der Waals surface area contributed by atoms with Gasteiger partial charge in [-0.15, -0.1) is 0 Å². The first-order valence-electron chi connectivity index (χ1n) is 7.50. The van der Waals surface area contributed by atoms with Gasteiger partial charge in [0.2, 0.25) is 0 Å². The first-order valence-corrected chi connectivity index (χ1v) is 7.50. The Hall–Kier alpha value is -1.61. The molecule has 1 aromatic heterocycles. The van der Waals surface area contributed by atoms with Crippen molar-refractivity contribution in [1.82, 2.24) is 4.98 Å². The molecule has 1 aliphatic carbocycles. The lowest BCUT2D eigenvalue weighted by Gasteiger charge is -2.16. The van der Waals surface area contributed by atoms with E-state index in [1.54, 1.807) is 0 Å². The molecule has 1 heterocycles.